The van der Waals surface area contributed by atoms with Crippen LogP contribution in [0.15, 0.2) is 34.5 Å². The van der Waals surface area contributed by atoms with E-state index in [2.05, 4.69) is 11.0 Å². The van der Waals surface area contributed by atoms with Gasteiger partial charge in [-0.25, -0.2) is 4.79 Å². The van der Waals surface area contributed by atoms with Gasteiger partial charge in [-0.15, -0.1) is 11.8 Å². The molecule has 1 fully saturated rings. The summed E-state index contributed by atoms with van der Waals surface area (Å²) in [6.07, 6.45) is 5.84. The summed E-state index contributed by atoms with van der Waals surface area (Å²) >= 11 is 1.47. The number of aliphatic hydroxyl groups excluding tert-OH is 1. The summed E-state index contributed by atoms with van der Waals surface area (Å²) in [5.74, 6) is -1.17. The van der Waals surface area contributed by atoms with E-state index in [0.717, 1.165) is 17.1 Å². The molecule has 0 aromatic carbocycles. The van der Waals surface area contributed by atoms with Crippen molar-refractivity contribution < 1.29 is 19.8 Å². The highest BCUT2D eigenvalue weighted by Crippen LogP contribution is 2.47. The number of β-lactam (4-membered cyclic amide) rings is 1. The topological polar surface area (TPSA) is 81.1 Å². The number of rotatable bonds is 5. The number of allylic oxidation sites excluding steroid dienone is 2. The Kier molecular flexibility index (Phi) is 4.25. The molecule has 3 heterocycles. The van der Waals surface area contributed by atoms with E-state index >= 15 is 0 Å². The predicted molar refractivity (Wildman–Crippen MR) is 87.4 cm³/mol. The predicted octanol–water partition coefficient (Wildman–Crippen LogP) is 1.01. The van der Waals surface area contributed by atoms with Crippen LogP contribution in [0.5, 0.6) is 0 Å². The summed E-state index contributed by atoms with van der Waals surface area (Å²) in [5.41, 5.74) is 1.22. The first-order valence-corrected chi connectivity index (χ1v) is 8.57. The minimum absolute atomic E-state index is 0.0940. The number of amides is 1. The van der Waals surface area contributed by atoms with Crippen molar-refractivity contribution in [3.63, 3.8) is 0 Å². The molecule has 1 unspecified atom stereocenters. The van der Waals surface area contributed by atoms with Crippen LogP contribution >= 0.6 is 11.8 Å². The van der Waals surface area contributed by atoms with Crippen molar-refractivity contribution >= 4 is 23.6 Å². The van der Waals surface area contributed by atoms with Crippen LogP contribution in [0.25, 0.3) is 0 Å². The number of hydrogen-bond donors (Lipinski definition) is 2. The lowest BCUT2D eigenvalue weighted by Gasteiger charge is -2.44. The molecule has 0 saturated carbocycles. The molecule has 0 bridgehead atoms. The largest absolute Gasteiger partial charge is 0.477 e. The molecule has 0 aliphatic carbocycles. The fourth-order valence-corrected chi connectivity index (χ4v) is 4.57. The molecule has 3 aliphatic heterocycles. The minimum Gasteiger partial charge on any atom is -0.477 e. The van der Waals surface area contributed by atoms with Crippen molar-refractivity contribution in [1.29, 1.82) is 0 Å². The number of carbonyl (C=O) groups is 2. The van der Waals surface area contributed by atoms with Gasteiger partial charge in [0.1, 0.15) is 5.70 Å². The first kappa shape index (κ1) is 16.1. The van der Waals surface area contributed by atoms with E-state index < -0.39 is 18.0 Å². The smallest absolute Gasteiger partial charge is 0.353 e. The molecule has 0 aromatic rings. The molecule has 0 aromatic heterocycles. The second-order valence-corrected chi connectivity index (χ2v) is 7.15. The second kappa shape index (κ2) is 6.05. The molecule has 3 rings (SSSR count). The normalized spacial score (nSPS) is 27.8. The Morgan fingerprint density at radius 3 is 2.87 bits per heavy atom. The van der Waals surface area contributed by atoms with Crippen molar-refractivity contribution in [2.24, 2.45) is 5.92 Å². The highest BCUT2D eigenvalue weighted by molar-refractivity contribution is 8.03. The van der Waals surface area contributed by atoms with E-state index in [0.29, 0.717) is 12.2 Å². The molecule has 6 nitrogen and oxygen atoms in total. The summed E-state index contributed by atoms with van der Waals surface area (Å²) < 4.78 is 0. The molecule has 1 saturated heterocycles. The highest BCUT2D eigenvalue weighted by atomic mass is 32.2. The average Bonchev–Trinajstić information content (AvgIpc) is 2.80. The van der Waals surface area contributed by atoms with Gasteiger partial charge in [0.05, 0.1) is 18.1 Å². The standard InChI is InChI=1S/C16H20N2O4S/c1-9(19)13-11-7-12(14(16(21)22)18(11)15(13)20)23-8-10-5-3-4-6-17(10)2/h3-5,9,11,13,19H,6-8H2,1-2H3,(H,21,22)/t9?,11-,13-/m1/s1. The second-order valence-electron chi connectivity index (χ2n) is 6.08. The molecule has 7 heteroatoms. The van der Waals surface area contributed by atoms with Gasteiger partial charge in [-0.05, 0) is 13.0 Å². The lowest BCUT2D eigenvalue weighted by molar-refractivity contribution is -0.161. The number of likely N-dealkylation sites (N-methyl/N-ethyl adjacent to an activating group) is 1. The average molecular weight is 336 g/mol. The van der Waals surface area contributed by atoms with Gasteiger partial charge in [0.25, 0.3) is 0 Å². The summed E-state index contributed by atoms with van der Waals surface area (Å²) in [4.78, 5) is 27.9. The highest BCUT2D eigenvalue weighted by Gasteiger charge is 2.56. The van der Waals surface area contributed by atoms with Gasteiger partial charge in [0.15, 0.2) is 0 Å². The summed E-state index contributed by atoms with van der Waals surface area (Å²) in [6, 6.07) is -0.214. The third-order valence-corrected chi connectivity index (χ3v) is 5.73. The Morgan fingerprint density at radius 1 is 1.52 bits per heavy atom. The van der Waals surface area contributed by atoms with E-state index in [-0.39, 0.29) is 17.6 Å². The van der Waals surface area contributed by atoms with Crippen molar-refractivity contribution in [3.05, 3.63) is 34.5 Å². The van der Waals surface area contributed by atoms with E-state index in [1.54, 1.807) is 6.92 Å². The van der Waals surface area contributed by atoms with Crippen LogP contribution in [-0.2, 0) is 9.59 Å². The van der Waals surface area contributed by atoms with Gasteiger partial charge < -0.3 is 20.0 Å². The molecule has 3 atom stereocenters. The van der Waals surface area contributed by atoms with Gasteiger partial charge in [0.2, 0.25) is 5.91 Å². The number of aliphatic hydroxyl groups is 1. The van der Waals surface area contributed by atoms with Crippen LogP contribution in [-0.4, -0.2) is 63.4 Å². The first-order chi connectivity index (χ1) is 10.9. The molecule has 1 amide bonds. The van der Waals surface area contributed by atoms with Gasteiger partial charge in [-0.3, -0.25) is 4.79 Å². The molecule has 124 valence electrons. The minimum atomic E-state index is -1.07. The Morgan fingerprint density at radius 2 is 2.26 bits per heavy atom. The number of aliphatic carboxylic acids is 1. The lowest BCUT2D eigenvalue weighted by Crippen LogP contribution is -2.61. The molecule has 23 heavy (non-hydrogen) atoms. The Bertz CT molecular complexity index is 638. The van der Waals surface area contributed by atoms with Gasteiger partial charge in [-0.1, -0.05) is 12.2 Å². The fourth-order valence-electron chi connectivity index (χ4n) is 3.32. The van der Waals surface area contributed by atoms with Gasteiger partial charge >= 0.3 is 5.97 Å². The van der Waals surface area contributed by atoms with E-state index in [9.17, 15) is 19.8 Å². The SMILES string of the molecule is CC(O)[C@H]1C(=O)N2C(C(=O)O)=C(SCC3=CC=CCN3C)C[C@H]12. The van der Waals surface area contributed by atoms with Gasteiger partial charge in [0, 0.05) is 36.4 Å². The zero-order valence-electron chi connectivity index (χ0n) is 13.1. The van der Waals surface area contributed by atoms with E-state index in [1.165, 1.54) is 16.7 Å². The van der Waals surface area contributed by atoms with Crippen molar-refractivity contribution in [1.82, 2.24) is 9.80 Å². The number of thioether (sulfide) groups is 1. The zero-order chi connectivity index (χ0) is 16.7. The van der Waals surface area contributed by atoms with Crippen molar-refractivity contribution in [2.75, 3.05) is 19.3 Å². The molecule has 0 spiro atoms. The molecule has 0 radical (unpaired) electrons. The molecule has 2 N–H and O–H groups in total. The molecular formula is C16H20N2O4S. The maximum absolute atomic E-state index is 12.1. The van der Waals surface area contributed by atoms with E-state index in [4.69, 9.17) is 0 Å². The Labute approximate surface area is 139 Å². The maximum atomic E-state index is 12.1. The number of carboxylic acid groups (broad SMARTS) is 1. The number of carbonyl (C=O) groups excluding carboxylic acids is 1. The number of fused-ring (bicyclic) bond motifs is 1. The van der Waals surface area contributed by atoms with Crippen molar-refractivity contribution in [3.8, 4) is 0 Å². The van der Waals surface area contributed by atoms with Crippen LogP contribution in [0, 0.1) is 5.92 Å². The van der Waals surface area contributed by atoms with Crippen LogP contribution < -0.4 is 0 Å². The maximum Gasteiger partial charge on any atom is 0.353 e. The van der Waals surface area contributed by atoms with Crippen LogP contribution in [0.4, 0.5) is 0 Å². The summed E-state index contributed by atoms with van der Waals surface area (Å²) in [5, 5.41) is 19.2. The third kappa shape index (κ3) is 2.68. The van der Waals surface area contributed by atoms with Crippen molar-refractivity contribution in [2.45, 2.75) is 25.5 Å². The monoisotopic (exact) mass is 336 g/mol. The molecular weight excluding hydrogens is 316 g/mol. The zero-order valence-corrected chi connectivity index (χ0v) is 13.9. The van der Waals surface area contributed by atoms with Crippen LogP contribution in [0.1, 0.15) is 13.3 Å². The Hall–Kier alpha value is -1.73. The summed E-state index contributed by atoms with van der Waals surface area (Å²) in [6.45, 7) is 2.42. The third-order valence-electron chi connectivity index (χ3n) is 4.58. The van der Waals surface area contributed by atoms with Crippen LogP contribution in [0.3, 0.4) is 0 Å². The summed E-state index contributed by atoms with van der Waals surface area (Å²) in [7, 11) is 2.00. The van der Waals surface area contributed by atoms with E-state index in [1.807, 2.05) is 19.2 Å². The first-order valence-electron chi connectivity index (χ1n) is 7.59. The molecule has 3 aliphatic rings. The number of hydrogen-bond acceptors (Lipinski definition) is 5. The number of nitrogens with zero attached hydrogens (tertiary/aromatic N) is 2. The quantitative estimate of drug-likeness (QED) is 0.730. The Balaban J connectivity index is 1.76. The lowest BCUT2D eigenvalue weighted by atomic mass is 9.83. The van der Waals surface area contributed by atoms with Crippen LogP contribution in [0.2, 0.25) is 0 Å². The number of carboxylic acids is 1. The fraction of sp³-hybridized carbons (Fsp3) is 0.500. The van der Waals surface area contributed by atoms with Gasteiger partial charge in [-0.2, -0.15) is 0 Å².